The molecule has 0 bridgehead atoms. The van der Waals surface area contributed by atoms with Gasteiger partial charge in [-0.2, -0.15) is 0 Å². The Bertz CT molecular complexity index is 812. The maximum atomic E-state index is 13.0. The van der Waals surface area contributed by atoms with E-state index in [0.717, 1.165) is 23.4 Å². The lowest BCUT2D eigenvalue weighted by atomic mass is 9.90. The minimum Gasteiger partial charge on any atom is -0.494 e. The Morgan fingerprint density at radius 3 is 2.50 bits per heavy atom. The zero-order valence-electron chi connectivity index (χ0n) is 15.4. The first-order valence-electron chi connectivity index (χ1n) is 8.87. The van der Waals surface area contributed by atoms with E-state index in [-0.39, 0.29) is 11.8 Å². The number of nitrogens with zero attached hydrogens (tertiary/aromatic N) is 1. The standard InChI is InChI=1S/C21H24N2O3/c1-4-26-17-11-9-16(10-12-17)22-19(24)21(2,3)20(25)23-14-13-15-7-5-6-8-18(15)23/h5-12H,4,13-14H2,1-3H3,(H,22,24). The van der Waals surface area contributed by atoms with E-state index in [1.54, 1.807) is 43.0 Å². The summed E-state index contributed by atoms with van der Waals surface area (Å²) in [6, 6.07) is 15.0. The normalized spacial score (nSPS) is 13.3. The van der Waals surface area contributed by atoms with Gasteiger partial charge in [0.15, 0.2) is 0 Å². The van der Waals surface area contributed by atoms with Crippen molar-refractivity contribution < 1.29 is 14.3 Å². The average Bonchev–Trinajstić information content (AvgIpc) is 3.06. The summed E-state index contributed by atoms with van der Waals surface area (Å²) in [6.45, 7) is 6.45. The summed E-state index contributed by atoms with van der Waals surface area (Å²) in [6.07, 6.45) is 0.818. The highest BCUT2D eigenvalue weighted by Crippen LogP contribution is 2.32. The third-order valence-corrected chi connectivity index (χ3v) is 4.66. The predicted octanol–water partition coefficient (Wildman–Crippen LogP) is 3.64. The van der Waals surface area contributed by atoms with E-state index < -0.39 is 5.41 Å². The summed E-state index contributed by atoms with van der Waals surface area (Å²) in [4.78, 5) is 27.5. The molecule has 0 aliphatic carbocycles. The van der Waals surface area contributed by atoms with Crippen LogP contribution < -0.4 is 15.0 Å². The summed E-state index contributed by atoms with van der Waals surface area (Å²) in [7, 11) is 0. The topological polar surface area (TPSA) is 58.6 Å². The molecule has 0 saturated carbocycles. The Labute approximate surface area is 154 Å². The number of amides is 2. The van der Waals surface area contributed by atoms with Gasteiger partial charge in [0, 0.05) is 17.9 Å². The van der Waals surface area contributed by atoms with Crippen molar-refractivity contribution in [1.82, 2.24) is 0 Å². The van der Waals surface area contributed by atoms with Crippen LogP contribution in [0.15, 0.2) is 48.5 Å². The average molecular weight is 352 g/mol. The highest BCUT2D eigenvalue weighted by atomic mass is 16.5. The van der Waals surface area contributed by atoms with E-state index in [9.17, 15) is 9.59 Å². The second kappa shape index (κ2) is 7.20. The Morgan fingerprint density at radius 2 is 1.81 bits per heavy atom. The zero-order valence-corrected chi connectivity index (χ0v) is 15.4. The Balaban J connectivity index is 1.72. The van der Waals surface area contributed by atoms with E-state index in [2.05, 4.69) is 5.32 Å². The van der Waals surface area contributed by atoms with E-state index in [1.807, 2.05) is 31.2 Å². The van der Waals surface area contributed by atoms with Gasteiger partial charge < -0.3 is 15.0 Å². The van der Waals surface area contributed by atoms with Crippen LogP contribution in [0.1, 0.15) is 26.3 Å². The number of carbonyl (C=O) groups is 2. The minimum atomic E-state index is -1.17. The number of anilines is 2. The van der Waals surface area contributed by atoms with Crippen molar-refractivity contribution in [1.29, 1.82) is 0 Å². The summed E-state index contributed by atoms with van der Waals surface area (Å²) < 4.78 is 5.40. The number of fused-ring (bicyclic) bond motifs is 1. The third-order valence-electron chi connectivity index (χ3n) is 4.66. The molecule has 0 spiro atoms. The van der Waals surface area contributed by atoms with Crippen molar-refractivity contribution in [2.75, 3.05) is 23.4 Å². The molecule has 2 aromatic rings. The van der Waals surface area contributed by atoms with Crippen molar-refractivity contribution in [2.24, 2.45) is 5.41 Å². The Kier molecular flexibility index (Phi) is 4.98. The lowest BCUT2D eigenvalue weighted by Crippen LogP contribution is -2.47. The van der Waals surface area contributed by atoms with Crippen molar-refractivity contribution >= 4 is 23.2 Å². The smallest absolute Gasteiger partial charge is 0.242 e. The van der Waals surface area contributed by atoms with Gasteiger partial charge in [0.05, 0.1) is 6.61 Å². The van der Waals surface area contributed by atoms with Crippen LogP contribution in [-0.4, -0.2) is 25.0 Å². The van der Waals surface area contributed by atoms with Crippen LogP contribution >= 0.6 is 0 Å². The zero-order chi connectivity index (χ0) is 18.7. The fourth-order valence-corrected chi connectivity index (χ4v) is 3.07. The number of rotatable bonds is 5. The van der Waals surface area contributed by atoms with Gasteiger partial charge in [-0.05, 0) is 63.1 Å². The molecule has 0 fully saturated rings. The highest BCUT2D eigenvalue weighted by Gasteiger charge is 2.41. The molecule has 0 aromatic heterocycles. The fraction of sp³-hybridized carbons (Fsp3) is 0.333. The second-order valence-electron chi connectivity index (χ2n) is 6.87. The molecule has 1 N–H and O–H groups in total. The molecular weight excluding hydrogens is 328 g/mol. The number of benzene rings is 2. The SMILES string of the molecule is CCOc1ccc(NC(=O)C(C)(C)C(=O)N2CCc3ccccc32)cc1. The second-order valence-corrected chi connectivity index (χ2v) is 6.87. The lowest BCUT2D eigenvalue weighted by Gasteiger charge is -2.28. The first kappa shape index (κ1) is 18.0. The maximum absolute atomic E-state index is 13.0. The van der Waals surface area contributed by atoms with E-state index in [0.29, 0.717) is 18.8 Å². The molecule has 2 amide bonds. The van der Waals surface area contributed by atoms with Crippen LogP contribution in [0.25, 0.3) is 0 Å². The number of carbonyl (C=O) groups excluding carboxylic acids is 2. The summed E-state index contributed by atoms with van der Waals surface area (Å²) in [5, 5.41) is 2.84. The molecule has 0 atom stereocenters. The molecule has 3 rings (SSSR count). The number of ether oxygens (including phenoxy) is 1. The van der Waals surface area contributed by atoms with Crippen LogP contribution in [0.2, 0.25) is 0 Å². The largest absolute Gasteiger partial charge is 0.494 e. The number of hydrogen-bond acceptors (Lipinski definition) is 3. The first-order valence-corrected chi connectivity index (χ1v) is 8.87. The molecule has 5 heteroatoms. The fourth-order valence-electron chi connectivity index (χ4n) is 3.07. The van der Waals surface area contributed by atoms with Gasteiger partial charge in [0.25, 0.3) is 0 Å². The number of hydrogen-bond donors (Lipinski definition) is 1. The molecule has 0 radical (unpaired) electrons. The molecule has 1 aliphatic heterocycles. The Hall–Kier alpha value is -2.82. The number of nitrogens with one attached hydrogen (secondary N) is 1. The lowest BCUT2D eigenvalue weighted by molar-refractivity contribution is -0.136. The van der Waals surface area contributed by atoms with Crippen molar-refractivity contribution in [3.63, 3.8) is 0 Å². The summed E-state index contributed by atoms with van der Waals surface area (Å²) in [5.41, 5.74) is 1.51. The monoisotopic (exact) mass is 352 g/mol. The van der Waals surface area contributed by atoms with Gasteiger partial charge in [-0.25, -0.2) is 0 Å². The van der Waals surface area contributed by atoms with Crippen molar-refractivity contribution in [3.8, 4) is 5.75 Å². The summed E-state index contributed by atoms with van der Waals surface area (Å²) >= 11 is 0. The van der Waals surface area contributed by atoms with Gasteiger partial charge in [0.2, 0.25) is 11.8 Å². The van der Waals surface area contributed by atoms with Gasteiger partial charge in [0.1, 0.15) is 11.2 Å². The molecule has 1 heterocycles. The van der Waals surface area contributed by atoms with Crippen LogP contribution in [0.4, 0.5) is 11.4 Å². The Morgan fingerprint density at radius 1 is 1.12 bits per heavy atom. The van der Waals surface area contributed by atoms with Crippen LogP contribution in [0.3, 0.4) is 0 Å². The molecule has 1 aliphatic rings. The maximum Gasteiger partial charge on any atom is 0.242 e. The van der Waals surface area contributed by atoms with Crippen LogP contribution in [0, 0.1) is 5.41 Å². The number of para-hydroxylation sites is 1. The third kappa shape index (κ3) is 3.43. The predicted molar refractivity (Wildman–Crippen MR) is 103 cm³/mol. The van der Waals surface area contributed by atoms with E-state index in [4.69, 9.17) is 4.74 Å². The summed E-state index contributed by atoms with van der Waals surface area (Å²) in [5.74, 6) is 0.233. The van der Waals surface area contributed by atoms with Crippen molar-refractivity contribution in [2.45, 2.75) is 27.2 Å². The molecule has 2 aromatic carbocycles. The quantitative estimate of drug-likeness (QED) is 0.836. The highest BCUT2D eigenvalue weighted by molar-refractivity contribution is 6.15. The molecular formula is C21H24N2O3. The molecule has 0 unspecified atom stereocenters. The van der Waals surface area contributed by atoms with Crippen LogP contribution in [0.5, 0.6) is 5.75 Å². The molecule has 5 nitrogen and oxygen atoms in total. The first-order chi connectivity index (χ1) is 12.4. The van der Waals surface area contributed by atoms with Gasteiger partial charge in [-0.15, -0.1) is 0 Å². The van der Waals surface area contributed by atoms with Crippen molar-refractivity contribution in [3.05, 3.63) is 54.1 Å². The van der Waals surface area contributed by atoms with Crippen LogP contribution in [-0.2, 0) is 16.0 Å². The van der Waals surface area contributed by atoms with Gasteiger partial charge in [-0.1, -0.05) is 18.2 Å². The minimum absolute atomic E-state index is 0.189. The molecule has 26 heavy (non-hydrogen) atoms. The van der Waals surface area contributed by atoms with E-state index in [1.165, 1.54) is 0 Å². The molecule has 136 valence electrons. The van der Waals surface area contributed by atoms with Gasteiger partial charge in [-0.3, -0.25) is 9.59 Å². The van der Waals surface area contributed by atoms with Gasteiger partial charge >= 0.3 is 0 Å². The molecule has 0 saturated heterocycles. The van der Waals surface area contributed by atoms with E-state index >= 15 is 0 Å².